The van der Waals surface area contributed by atoms with Crippen LogP contribution in [0.3, 0.4) is 0 Å². The third kappa shape index (κ3) is 4.62. The number of nitrogens with zero attached hydrogens (tertiary/aromatic N) is 2. The van der Waals surface area contributed by atoms with E-state index >= 15 is 0 Å². The Labute approximate surface area is 172 Å². The van der Waals surface area contributed by atoms with Crippen molar-refractivity contribution in [3.63, 3.8) is 0 Å². The SMILES string of the molecule is CCOCC1(CCc2cc3ccccc3s2)CCN(Cc2ccc(C)nc2)C1. The average Bonchev–Trinajstić information content (AvgIpc) is 3.31. The lowest BCUT2D eigenvalue weighted by atomic mass is 9.83. The van der Waals surface area contributed by atoms with Crippen LogP contribution in [0.2, 0.25) is 0 Å². The Bertz CT molecular complexity index is 871. The van der Waals surface area contributed by atoms with E-state index in [2.05, 4.69) is 59.3 Å². The Morgan fingerprint density at radius 3 is 2.89 bits per heavy atom. The lowest BCUT2D eigenvalue weighted by Gasteiger charge is -2.29. The van der Waals surface area contributed by atoms with Gasteiger partial charge in [-0.1, -0.05) is 24.3 Å². The fourth-order valence-corrected chi connectivity index (χ4v) is 5.34. The maximum Gasteiger partial charge on any atom is 0.0535 e. The fraction of sp³-hybridized carbons (Fsp3) is 0.458. The van der Waals surface area contributed by atoms with Crippen molar-refractivity contribution in [3.05, 3.63) is 64.8 Å². The summed E-state index contributed by atoms with van der Waals surface area (Å²) in [5, 5.41) is 1.38. The molecule has 0 radical (unpaired) electrons. The third-order valence-corrected chi connectivity index (χ3v) is 7.06. The zero-order valence-electron chi connectivity index (χ0n) is 17.0. The van der Waals surface area contributed by atoms with Gasteiger partial charge in [-0.05, 0) is 68.8 Å². The van der Waals surface area contributed by atoms with E-state index in [1.807, 2.05) is 24.5 Å². The molecule has 4 heteroatoms. The van der Waals surface area contributed by atoms with Crippen LogP contribution < -0.4 is 0 Å². The highest BCUT2D eigenvalue weighted by Crippen LogP contribution is 2.38. The summed E-state index contributed by atoms with van der Waals surface area (Å²) in [5.74, 6) is 0. The topological polar surface area (TPSA) is 25.4 Å². The molecule has 2 aromatic heterocycles. The Hall–Kier alpha value is -1.75. The molecule has 1 atom stereocenters. The molecule has 3 nitrogen and oxygen atoms in total. The maximum atomic E-state index is 5.95. The average molecular weight is 395 g/mol. The highest BCUT2D eigenvalue weighted by atomic mass is 32.1. The predicted octanol–water partition coefficient (Wildman–Crippen LogP) is 5.47. The summed E-state index contributed by atoms with van der Waals surface area (Å²) in [6.45, 7) is 9.07. The molecular formula is C24H30N2OS. The van der Waals surface area contributed by atoms with Crippen LogP contribution in [-0.4, -0.2) is 36.2 Å². The van der Waals surface area contributed by atoms with Gasteiger partial charge < -0.3 is 4.74 Å². The summed E-state index contributed by atoms with van der Waals surface area (Å²) >= 11 is 1.95. The second kappa shape index (κ2) is 8.73. The first kappa shape index (κ1) is 19.6. The van der Waals surface area contributed by atoms with Gasteiger partial charge in [-0.15, -0.1) is 11.3 Å². The molecule has 1 aliphatic rings. The van der Waals surface area contributed by atoms with Crippen molar-refractivity contribution < 1.29 is 4.74 Å². The molecule has 148 valence electrons. The molecule has 0 spiro atoms. The first-order valence-corrected chi connectivity index (χ1v) is 11.2. The quantitative estimate of drug-likeness (QED) is 0.507. The number of pyridine rings is 1. The van der Waals surface area contributed by atoms with E-state index in [1.165, 1.54) is 33.4 Å². The van der Waals surface area contributed by atoms with Crippen molar-refractivity contribution in [3.8, 4) is 0 Å². The summed E-state index contributed by atoms with van der Waals surface area (Å²) in [4.78, 5) is 8.53. The van der Waals surface area contributed by atoms with Crippen molar-refractivity contribution in [1.82, 2.24) is 9.88 Å². The largest absolute Gasteiger partial charge is 0.381 e. The number of aryl methyl sites for hydroxylation is 2. The van der Waals surface area contributed by atoms with E-state index in [9.17, 15) is 0 Å². The van der Waals surface area contributed by atoms with Crippen LogP contribution in [-0.2, 0) is 17.7 Å². The number of hydrogen-bond acceptors (Lipinski definition) is 4. The maximum absolute atomic E-state index is 5.95. The van der Waals surface area contributed by atoms with Crippen molar-refractivity contribution >= 4 is 21.4 Å². The molecule has 3 heterocycles. The molecule has 1 aliphatic heterocycles. The molecule has 0 bridgehead atoms. The number of benzene rings is 1. The van der Waals surface area contributed by atoms with Gasteiger partial charge in [0.25, 0.3) is 0 Å². The van der Waals surface area contributed by atoms with Gasteiger partial charge in [-0.2, -0.15) is 0 Å². The summed E-state index contributed by atoms with van der Waals surface area (Å²) in [6, 6.07) is 15.4. The minimum absolute atomic E-state index is 0.268. The standard InChI is InChI=1S/C24H30N2OS/c1-3-27-18-24(11-10-22-14-21-6-4-5-7-23(21)28-22)12-13-26(17-24)16-20-9-8-19(2)25-15-20/h4-9,14-15H,3,10-13,16-18H2,1-2H3. The van der Waals surface area contributed by atoms with Crippen LogP contribution >= 0.6 is 11.3 Å². The van der Waals surface area contributed by atoms with Crippen LogP contribution in [0.5, 0.6) is 0 Å². The lowest BCUT2D eigenvalue weighted by Crippen LogP contribution is -2.32. The van der Waals surface area contributed by atoms with Crippen LogP contribution in [0.25, 0.3) is 10.1 Å². The summed E-state index contributed by atoms with van der Waals surface area (Å²) in [5.41, 5.74) is 2.66. The van der Waals surface area contributed by atoms with Gasteiger partial charge in [0.05, 0.1) is 6.61 Å². The molecule has 1 saturated heterocycles. The van der Waals surface area contributed by atoms with Crippen molar-refractivity contribution in [1.29, 1.82) is 0 Å². The third-order valence-electron chi connectivity index (χ3n) is 5.89. The minimum Gasteiger partial charge on any atom is -0.381 e. The Morgan fingerprint density at radius 1 is 1.21 bits per heavy atom. The Kier molecular flexibility index (Phi) is 6.10. The molecule has 0 N–H and O–H groups in total. The van der Waals surface area contributed by atoms with Crippen molar-refractivity contribution in [2.75, 3.05) is 26.3 Å². The molecule has 1 fully saturated rings. The summed E-state index contributed by atoms with van der Waals surface area (Å²) in [6.07, 6.45) is 5.58. The number of thiophene rings is 1. The molecule has 0 aliphatic carbocycles. The fourth-order valence-electron chi connectivity index (χ4n) is 4.27. The van der Waals surface area contributed by atoms with Gasteiger partial charge in [0, 0.05) is 46.6 Å². The van der Waals surface area contributed by atoms with E-state index in [1.54, 1.807) is 0 Å². The molecule has 1 aromatic carbocycles. The van der Waals surface area contributed by atoms with Crippen LogP contribution in [0, 0.1) is 12.3 Å². The molecule has 0 amide bonds. The number of ether oxygens (including phenoxy) is 1. The summed E-state index contributed by atoms with van der Waals surface area (Å²) < 4.78 is 7.35. The highest BCUT2D eigenvalue weighted by molar-refractivity contribution is 7.19. The Morgan fingerprint density at radius 2 is 2.11 bits per heavy atom. The monoisotopic (exact) mass is 394 g/mol. The van der Waals surface area contributed by atoms with Gasteiger partial charge in [-0.25, -0.2) is 0 Å². The number of hydrogen-bond donors (Lipinski definition) is 0. The van der Waals surface area contributed by atoms with Crippen LogP contribution in [0.15, 0.2) is 48.7 Å². The first-order chi connectivity index (χ1) is 13.7. The second-order valence-corrected chi connectivity index (χ2v) is 9.32. The number of rotatable bonds is 8. The van der Waals surface area contributed by atoms with E-state index in [4.69, 9.17) is 4.74 Å². The lowest BCUT2D eigenvalue weighted by molar-refractivity contribution is 0.0490. The molecular weight excluding hydrogens is 364 g/mol. The predicted molar refractivity (Wildman–Crippen MR) is 118 cm³/mol. The smallest absolute Gasteiger partial charge is 0.0535 e. The zero-order valence-corrected chi connectivity index (χ0v) is 17.8. The Balaban J connectivity index is 1.42. The summed E-state index contributed by atoms with van der Waals surface area (Å²) in [7, 11) is 0. The van der Waals surface area contributed by atoms with E-state index in [-0.39, 0.29) is 5.41 Å². The normalized spacial score (nSPS) is 20.2. The van der Waals surface area contributed by atoms with Gasteiger partial charge >= 0.3 is 0 Å². The zero-order chi connectivity index (χ0) is 19.4. The van der Waals surface area contributed by atoms with Crippen LogP contribution in [0.4, 0.5) is 0 Å². The molecule has 1 unspecified atom stereocenters. The molecule has 4 rings (SSSR count). The van der Waals surface area contributed by atoms with E-state index < -0.39 is 0 Å². The van der Waals surface area contributed by atoms with Gasteiger partial charge in [-0.3, -0.25) is 9.88 Å². The first-order valence-electron chi connectivity index (χ1n) is 10.3. The molecule has 3 aromatic rings. The van der Waals surface area contributed by atoms with Crippen molar-refractivity contribution in [2.24, 2.45) is 5.41 Å². The van der Waals surface area contributed by atoms with Crippen LogP contribution in [0.1, 0.15) is 35.9 Å². The molecule has 28 heavy (non-hydrogen) atoms. The number of likely N-dealkylation sites (tertiary alicyclic amines) is 1. The molecule has 0 saturated carbocycles. The van der Waals surface area contributed by atoms with E-state index in [0.29, 0.717) is 0 Å². The van der Waals surface area contributed by atoms with Gasteiger partial charge in [0.1, 0.15) is 0 Å². The van der Waals surface area contributed by atoms with E-state index in [0.717, 1.165) is 45.0 Å². The number of aromatic nitrogens is 1. The van der Waals surface area contributed by atoms with Crippen molar-refractivity contribution in [2.45, 2.75) is 39.7 Å². The highest BCUT2D eigenvalue weighted by Gasteiger charge is 2.38. The minimum atomic E-state index is 0.268. The van der Waals surface area contributed by atoms with Gasteiger partial charge in [0.2, 0.25) is 0 Å². The second-order valence-electron chi connectivity index (χ2n) is 8.16. The number of fused-ring (bicyclic) bond motifs is 1. The van der Waals surface area contributed by atoms with Gasteiger partial charge in [0.15, 0.2) is 0 Å².